The zero-order valence-corrected chi connectivity index (χ0v) is 10.9. The molecular formula is C10H10F3NO5S. The van der Waals surface area contributed by atoms with Crippen LogP contribution in [0.4, 0.5) is 13.2 Å². The fourth-order valence-electron chi connectivity index (χ4n) is 1.13. The quantitative estimate of drug-likeness (QED) is 0.653. The van der Waals surface area contributed by atoms with Crippen molar-refractivity contribution in [3.63, 3.8) is 0 Å². The number of carbonyl (C=O) groups is 1. The van der Waals surface area contributed by atoms with Crippen LogP contribution in [0.15, 0.2) is 29.2 Å². The highest BCUT2D eigenvalue weighted by Crippen LogP contribution is 2.15. The maximum absolute atomic E-state index is 11.8. The van der Waals surface area contributed by atoms with E-state index in [4.69, 9.17) is 0 Å². The number of rotatable bonds is 5. The lowest BCUT2D eigenvalue weighted by molar-refractivity contribution is -0.181. The zero-order chi connectivity index (χ0) is 15.4. The Labute approximate surface area is 112 Å². The summed E-state index contributed by atoms with van der Waals surface area (Å²) in [7, 11) is -3.10. The second kappa shape index (κ2) is 6.20. The van der Waals surface area contributed by atoms with Gasteiger partial charge in [0.25, 0.3) is 10.0 Å². The van der Waals surface area contributed by atoms with E-state index in [1.165, 1.54) is 4.89 Å². The number of alkyl halides is 3. The zero-order valence-electron chi connectivity index (χ0n) is 10.1. The molecule has 0 saturated heterocycles. The minimum atomic E-state index is -4.66. The van der Waals surface area contributed by atoms with Crippen molar-refractivity contribution in [2.45, 2.75) is 11.1 Å². The third-order valence-corrected chi connectivity index (χ3v) is 3.22. The minimum absolute atomic E-state index is 0.0997. The Morgan fingerprint density at radius 1 is 1.25 bits per heavy atom. The Morgan fingerprint density at radius 3 is 2.25 bits per heavy atom. The number of hydrogen-bond donors (Lipinski definition) is 1. The van der Waals surface area contributed by atoms with Gasteiger partial charge in [0, 0.05) is 0 Å². The topological polar surface area (TPSA) is 81.7 Å². The van der Waals surface area contributed by atoms with Crippen molar-refractivity contribution in [2.24, 2.45) is 0 Å². The van der Waals surface area contributed by atoms with Gasteiger partial charge in [-0.15, -0.1) is 0 Å². The van der Waals surface area contributed by atoms with E-state index in [9.17, 15) is 26.4 Å². The van der Waals surface area contributed by atoms with Crippen molar-refractivity contribution in [3.05, 3.63) is 29.8 Å². The first-order chi connectivity index (χ1) is 9.15. The average Bonchev–Trinajstić information content (AvgIpc) is 2.36. The number of sulfonamides is 1. The standard InChI is InChI=1S/C10H10F3NO5S/c1-18-9(15)7-2-4-8(5-3-7)20(16,17)14-19-6-10(11,12)13/h2-5,14H,6H2,1H3. The highest BCUT2D eigenvalue weighted by molar-refractivity contribution is 7.89. The third-order valence-electron chi connectivity index (χ3n) is 1.99. The molecule has 0 aliphatic heterocycles. The maximum atomic E-state index is 11.8. The number of nitrogens with one attached hydrogen (secondary N) is 1. The van der Waals surface area contributed by atoms with E-state index >= 15 is 0 Å². The van der Waals surface area contributed by atoms with Gasteiger partial charge in [-0.1, -0.05) is 4.89 Å². The second-order valence-electron chi connectivity index (χ2n) is 3.51. The van der Waals surface area contributed by atoms with Crippen LogP contribution >= 0.6 is 0 Å². The van der Waals surface area contributed by atoms with Crippen LogP contribution in [0.2, 0.25) is 0 Å². The summed E-state index contributed by atoms with van der Waals surface area (Å²) in [5, 5.41) is 0. The first-order valence-corrected chi connectivity index (χ1v) is 6.53. The van der Waals surface area contributed by atoms with Gasteiger partial charge < -0.3 is 4.74 Å². The normalized spacial score (nSPS) is 12.2. The predicted molar refractivity (Wildman–Crippen MR) is 60.1 cm³/mol. The smallest absolute Gasteiger partial charge is 0.413 e. The molecule has 0 bridgehead atoms. The van der Waals surface area contributed by atoms with Crippen molar-refractivity contribution >= 4 is 16.0 Å². The first kappa shape index (κ1) is 16.4. The molecule has 0 aliphatic rings. The summed E-state index contributed by atoms with van der Waals surface area (Å²) in [6.07, 6.45) is -4.66. The molecule has 0 atom stereocenters. The van der Waals surface area contributed by atoms with Crippen molar-refractivity contribution < 1.29 is 36.0 Å². The van der Waals surface area contributed by atoms with Crippen molar-refractivity contribution in [3.8, 4) is 0 Å². The summed E-state index contributed by atoms with van der Waals surface area (Å²) in [6.45, 7) is -1.76. The van der Waals surface area contributed by atoms with Gasteiger partial charge in [-0.05, 0) is 24.3 Å². The molecule has 0 saturated carbocycles. The molecule has 10 heteroatoms. The fourth-order valence-corrected chi connectivity index (χ4v) is 1.93. The first-order valence-electron chi connectivity index (χ1n) is 5.04. The average molecular weight is 313 g/mol. The minimum Gasteiger partial charge on any atom is -0.465 e. The largest absolute Gasteiger partial charge is 0.465 e. The highest BCUT2D eigenvalue weighted by atomic mass is 32.2. The SMILES string of the molecule is COC(=O)c1ccc(S(=O)(=O)NOCC(F)(F)F)cc1. The summed E-state index contributed by atoms with van der Waals surface area (Å²) in [6, 6.07) is 4.38. The van der Waals surface area contributed by atoms with Crippen LogP contribution in [0.1, 0.15) is 10.4 Å². The van der Waals surface area contributed by atoms with Gasteiger partial charge in [0.15, 0.2) is 6.61 Å². The number of halogens is 3. The molecule has 1 aromatic carbocycles. The van der Waals surface area contributed by atoms with Crippen LogP contribution in [-0.2, 0) is 19.6 Å². The Kier molecular flexibility index (Phi) is 5.09. The molecule has 0 fully saturated rings. The second-order valence-corrected chi connectivity index (χ2v) is 5.15. The predicted octanol–water partition coefficient (Wildman–Crippen LogP) is 1.25. The maximum Gasteiger partial charge on any atom is 0.413 e. The van der Waals surface area contributed by atoms with E-state index in [1.807, 2.05) is 0 Å². The van der Waals surface area contributed by atoms with Gasteiger partial charge in [0.2, 0.25) is 0 Å². The molecule has 1 N–H and O–H groups in total. The van der Waals surface area contributed by atoms with Crippen LogP contribution in [0.3, 0.4) is 0 Å². The van der Waals surface area contributed by atoms with Gasteiger partial charge >= 0.3 is 12.1 Å². The molecule has 0 amide bonds. The molecule has 1 aromatic rings. The number of ether oxygens (including phenoxy) is 1. The molecule has 112 valence electrons. The molecule has 0 radical (unpaired) electrons. The van der Waals surface area contributed by atoms with Gasteiger partial charge in [-0.25, -0.2) is 13.2 Å². The number of methoxy groups -OCH3 is 1. The van der Waals surface area contributed by atoms with Gasteiger partial charge in [0.1, 0.15) is 0 Å². The fraction of sp³-hybridized carbons (Fsp3) is 0.300. The molecule has 0 aliphatic carbocycles. The Morgan fingerprint density at radius 2 is 1.80 bits per heavy atom. The monoisotopic (exact) mass is 313 g/mol. The van der Waals surface area contributed by atoms with Crippen LogP contribution < -0.4 is 4.89 Å². The van der Waals surface area contributed by atoms with E-state index in [0.717, 1.165) is 31.4 Å². The summed E-state index contributed by atoms with van der Waals surface area (Å²) in [5.74, 6) is -0.671. The lowest BCUT2D eigenvalue weighted by atomic mass is 10.2. The molecule has 6 nitrogen and oxygen atoms in total. The molecule has 0 aromatic heterocycles. The lowest BCUT2D eigenvalue weighted by Crippen LogP contribution is -2.29. The van der Waals surface area contributed by atoms with Crippen LogP contribution in [0.5, 0.6) is 0 Å². The number of esters is 1. The molecular weight excluding hydrogens is 303 g/mol. The van der Waals surface area contributed by atoms with Gasteiger partial charge in [-0.3, -0.25) is 4.84 Å². The van der Waals surface area contributed by atoms with Crippen molar-refractivity contribution in [1.82, 2.24) is 4.89 Å². The van der Waals surface area contributed by atoms with Gasteiger partial charge in [-0.2, -0.15) is 13.2 Å². The third kappa shape index (κ3) is 4.79. The van der Waals surface area contributed by atoms with Crippen molar-refractivity contribution in [1.29, 1.82) is 0 Å². The summed E-state index contributed by atoms with van der Waals surface area (Å²) in [5.41, 5.74) is 0.0997. The molecule has 0 spiro atoms. The van der Waals surface area contributed by atoms with E-state index in [2.05, 4.69) is 9.57 Å². The van der Waals surface area contributed by atoms with E-state index in [0.29, 0.717) is 0 Å². The van der Waals surface area contributed by atoms with E-state index in [1.54, 1.807) is 0 Å². The summed E-state index contributed by atoms with van der Waals surface area (Å²) >= 11 is 0. The molecule has 20 heavy (non-hydrogen) atoms. The summed E-state index contributed by atoms with van der Waals surface area (Å²) < 4.78 is 62.9. The van der Waals surface area contributed by atoms with Crippen LogP contribution in [0, 0.1) is 0 Å². The number of carbonyl (C=O) groups excluding carboxylic acids is 1. The van der Waals surface area contributed by atoms with E-state index in [-0.39, 0.29) is 10.5 Å². The highest BCUT2D eigenvalue weighted by Gasteiger charge is 2.29. The van der Waals surface area contributed by atoms with Crippen LogP contribution in [-0.4, -0.2) is 34.3 Å². The number of hydrogen-bond acceptors (Lipinski definition) is 5. The van der Waals surface area contributed by atoms with Crippen LogP contribution in [0.25, 0.3) is 0 Å². The number of benzene rings is 1. The lowest BCUT2D eigenvalue weighted by Gasteiger charge is -2.09. The molecule has 0 unspecified atom stereocenters. The Balaban J connectivity index is 2.75. The van der Waals surface area contributed by atoms with E-state index < -0.39 is 28.8 Å². The molecule has 0 heterocycles. The Hall–Kier alpha value is -1.65. The summed E-state index contributed by atoms with van der Waals surface area (Å²) in [4.78, 5) is 16.0. The Bertz CT molecular complexity index is 568. The molecule has 1 rings (SSSR count). The van der Waals surface area contributed by atoms with Crippen molar-refractivity contribution in [2.75, 3.05) is 13.7 Å². The van der Waals surface area contributed by atoms with Gasteiger partial charge in [0.05, 0.1) is 17.6 Å².